The van der Waals surface area contributed by atoms with Gasteiger partial charge in [0, 0.05) is 12.6 Å². The number of aromatic nitrogens is 2. The van der Waals surface area contributed by atoms with Crippen LogP contribution < -0.4 is 9.64 Å². The predicted molar refractivity (Wildman–Crippen MR) is 107 cm³/mol. The number of nitrogens with zero attached hydrogens (tertiary/aromatic N) is 4. The molecule has 0 fully saturated rings. The number of ether oxygens (including phenoxy) is 1. The number of methoxy groups -OCH3 is 1. The van der Waals surface area contributed by atoms with Gasteiger partial charge in [-0.1, -0.05) is 28.1 Å². The summed E-state index contributed by atoms with van der Waals surface area (Å²) in [5.74, 6) is 0.954. The second-order valence-electron chi connectivity index (χ2n) is 6.36. The average Bonchev–Trinajstić information content (AvgIpc) is 3.25. The zero-order valence-electron chi connectivity index (χ0n) is 15.7. The molecule has 1 aromatic carbocycles. The number of anilines is 1. The number of carbonyl (C=O) groups excluding carboxylic acids is 1. The van der Waals surface area contributed by atoms with Crippen LogP contribution in [0.1, 0.15) is 22.7 Å². The molecule has 0 spiro atoms. The first-order valence-corrected chi connectivity index (χ1v) is 9.63. The van der Waals surface area contributed by atoms with Crippen molar-refractivity contribution in [3.63, 3.8) is 0 Å². The van der Waals surface area contributed by atoms with Gasteiger partial charge in [-0.05, 0) is 46.1 Å². The highest BCUT2D eigenvalue weighted by Gasteiger charge is 2.25. The van der Waals surface area contributed by atoms with Crippen molar-refractivity contribution >= 4 is 44.2 Å². The van der Waals surface area contributed by atoms with Gasteiger partial charge in [0.1, 0.15) is 17.0 Å². The smallest absolute Gasteiger partial charge is 0.282 e. The molecule has 27 heavy (non-hydrogen) atoms. The van der Waals surface area contributed by atoms with E-state index in [1.807, 2.05) is 14.1 Å². The molecule has 144 valence electrons. The van der Waals surface area contributed by atoms with Crippen molar-refractivity contribution in [2.45, 2.75) is 13.3 Å². The number of fused-ring (bicyclic) bond motifs is 1. The largest absolute Gasteiger partial charge is 0.494 e. The fraction of sp³-hybridized carbons (Fsp3) is 0.389. The van der Waals surface area contributed by atoms with Crippen molar-refractivity contribution in [1.29, 1.82) is 0 Å². The minimum absolute atomic E-state index is 0.250. The lowest BCUT2D eigenvalue weighted by atomic mass is 10.3. The zero-order valence-corrected chi connectivity index (χ0v) is 17.2. The van der Waals surface area contributed by atoms with Crippen LogP contribution >= 0.6 is 22.9 Å². The Hall–Kier alpha value is -2.16. The van der Waals surface area contributed by atoms with Gasteiger partial charge in [0.25, 0.3) is 5.91 Å². The summed E-state index contributed by atoms with van der Waals surface area (Å²) in [6.45, 7) is 3.10. The normalized spacial score (nSPS) is 11.3. The van der Waals surface area contributed by atoms with Crippen LogP contribution in [0.5, 0.6) is 5.75 Å². The summed E-state index contributed by atoms with van der Waals surface area (Å²) in [5.41, 5.74) is 0.904. The van der Waals surface area contributed by atoms with Crippen molar-refractivity contribution in [2.24, 2.45) is 0 Å². The van der Waals surface area contributed by atoms with E-state index in [4.69, 9.17) is 20.9 Å². The maximum Gasteiger partial charge on any atom is 0.282 e. The maximum absolute atomic E-state index is 13.0. The topological polar surface area (TPSA) is 71.7 Å². The predicted octanol–water partition coefficient (Wildman–Crippen LogP) is 3.85. The van der Waals surface area contributed by atoms with Crippen LogP contribution in [-0.2, 0) is 0 Å². The van der Waals surface area contributed by atoms with Crippen LogP contribution in [0.2, 0.25) is 5.02 Å². The first kappa shape index (κ1) is 19.6. The lowest BCUT2D eigenvalue weighted by molar-refractivity contribution is 0.0977. The molecule has 7 nitrogen and oxygen atoms in total. The molecule has 0 bridgehead atoms. The Kier molecular flexibility index (Phi) is 5.98. The highest BCUT2D eigenvalue weighted by Crippen LogP contribution is 2.39. The minimum atomic E-state index is -0.250. The summed E-state index contributed by atoms with van der Waals surface area (Å²) in [6, 6.07) is 5.17. The molecule has 0 aliphatic carbocycles. The number of hydrogen-bond acceptors (Lipinski definition) is 7. The Labute approximate surface area is 166 Å². The van der Waals surface area contributed by atoms with E-state index in [0.29, 0.717) is 33.7 Å². The Morgan fingerprint density at radius 1 is 1.33 bits per heavy atom. The van der Waals surface area contributed by atoms with E-state index >= 15 is 0 Å². The summed E-state index contributed by atoms with van der Waals surface area (Å²) >= 11 is 7.69. The number of hydrogen-bond donors (Lipinski definition) is 0. The van der Waals surface area contributed by atoms with Gasteiger partial charge in [-0.2, -0.15) is 0 Å². The van der Waals surface area contributed by atoms with Crippen LogP contribution in [0.25, 0.3) is 10.2 Å². The Bertz CT molecular complexity index is 953. The van der Waals surface area contributed by atoms with E-state index < -0.39 is 0 Å². The van der Waals surface area contributed by atoms with Gasteiger partial charge in [0.05, 0.1) is 16.8 Å². The van der Waals surface area contributed by atoms with Gasteiger partial charge in [-0.3, -0.25) is 9.69 Å². The van der Waals surface area contributed by atoms with Crippen LogP contribution in [0, 0.1) is 6.92 Å². The van der Waals surface area contributed by atoms with Crippen LogP contribution in [0.3, 0.4) is 0 Å². The molecule has 0 saturated heterocycles. The zero-order chi connectivity index (χ0) is 19.6. The van der Waals surface area contributed by atoms with E-state index in [0.717, 1.165) is 17.7 Å². The second kappa shape index (κ2) is 8.24. The molecular weight excluding hydrogens is 388 g/mol. The summed E-state index contributed by atoms with van der Waals surface area (Å²) in [6.07, 6.45) is 0.788. The molecule has 0 N–H and O–H groups in total. The molecule has 1 amide bonds. The maximum atomic E-state index is 13.0. The second-order valence-corrected chi connectivity index (χ2v) is 7.74. The van der Waals surface area contributed by atoms with E-state index in [2.05, 4.69) is 15.0 Å². The minimum Gasteiger partial charge on any atom is -0.494 e. The molecule has 0 unspecified atom stereocenters. The Balaban J connectivity index is 2.00. The molecule has 0 aliphatic heterocycles. The first-order valence-electron chi connectivity index (χ1n) is 8.43. The van der Waals surface area contributed by atoms with E-state index in [1.165, 1.54) is 11.3 Å². The third-order valence-electron chi connectivity index (χ3n) is 3.98. The van der Waals surface area contributed by atoms with Crippen molar-refractivity contribution in [2.75, 3.05) is 39.2 Å². The van der Waals surface area contributed by atoms with Gasteiger partial charge in [0.15, 0.2) is 10.8 Å². The van der Waals surface area contributed by atoms with Crippen molar-refractivity contribution < 1.29 is 14.1 Å². The van der Waals surface area contributed by atoms with Crippen LogP contribution in [0.15, 0.2) is 22.7 Å². The van der Waals surface area contributed by atoms with Gasteiger partial charge < -0.3 is 14.2 Å². The average molecular weight is 409 g/mol. The molecule has 0 radical (unpaired) electrons. The molecule has 2 heterocycles. The van der Waals surface area contributed by atoms with Crippen molar-refractivity contribution in [3.8, 4) is 5.75 Å². The van der Waals surface area contributed by atoms with Gasteiger partial charge in [-0.25, -0.2) is 4.98 Å². The standard InChI is InChI=1S/C18H21ClN4O3S/c1-11-10-13(21-26-11)17(24)23(9-5-8-22(2)3)18-20-15-14(25-4)7-6-12(19)16(15)27-18/h6-7,10H,5,8-9H2,1-4H3. The third-order valence-corrected chi connectivity index (χ3v) is 5.52. The van der Waals surface area contributed by atoms with E-state index in [-0.39, 0.29) is 11.6 Å². The van der Waals surface area contributed by atoms with E-state index in [1.54, 1.807) is 37.1 Å². The van der Waals surface area contributed by atoms with Gasteiger partial charge in [-0.15, -0.1) is 0 Å². The summed E-state index contributed by atoms with van der Waals surface area (Å²) in [5, 5.41) is 4.99. The number of rotatable bonds is 7. The summed E-state index contributed by atoms with van der Waals surface area (Å²) in [4.78, 5) is 21.4. The Morgan fingerprint density at radius 2 is 2.11 bits per heavy atom. The number of thiazole rings is 1. The molecular formula is C18H21ClN4O3S. The lowest BCUT2D eigenvalue weighted by Gasteiger charge is -2.19. The quantitative estimate of drug-likeness (QED) is 0.591. The molecule has 3 aromatic rings. The molecule has 2 aromatic heterocycles. The molecule has 0 atom stereocenters. The fourth-order valence-electron chi connectivity index (χ4n) is 2.66. The molecule has 9 heteroatoms. The van der Waals surface area contributed by atoms with E-state index in [9.17, 15) is 4.79 Å². The summed E-state index contributed by atoms with van der Waals surface area (Å²) < 4.78 is 11.2. The number of amides is 1. The molecule has 0 aliphatic rings. The fourth-order valence-corrected chi connectivity index (χ4v) is 3.94. The third kappa shape index (κ3) is 4.23. The number of halogens is 1. The van der Waals surface area contributed by atoms with Gasteiger partial charge >= 0.3 is 0 Å². The first-order chi connectivity index (χ1) is 12.9. The highest BCUT2D eigenvalue weighted by molar-refractivity contribution is 7.23. The number of carbonyl (C=O) groups is 1. The van der Waals surface area contributed by atoms with Crippen molar-refractivity contribution in [1.82, 2.24) is 15.0 Å². The van der Waals surface area contributed by atoms with Crippen LogP contribution in [0.4, 0.5) is 5.13 Å². The number of aryl methyl sites for hydroxylation is 1. The lowest BCUT2D eigenvalue weighted by Crippen LogP contribution is -2.33. The van der Waals surface area contributed by atoms with Crippen LogP contribution in [-0.4, -0.2) is 55.2 Å². The number of benzene rings is 1. The molecule has 0 saturated carbocycles. The SMILES string of the molecule is COc1ccc(Cl)c2sc(N(CCCN(C)C)C(=O)c3cc(C)on3)nc12. The monoisotopic (exact) mass is 408 g/mol. The Morgan fingerprint density at radius 3 is 2.74 bits per heavy atom. The molecule has 3 rings (SSSR count). The summed E-state index contributed by atoms with van der Waals surface area (Å²) in [7, 11) is 5.57. The van der Waals surface area contributed by atoms with Gasteiger partial charge in [0.2, 0.25) is 0 Å². The highest BCUT2D eigenvalue weighted by atomic mass is 35.5. The van der Waals surface area contributed by atoms with Crippen molar-refractivity contribution in [3.05, 3.63) is 34.7 Å².